The van der Waals surface area contributed by atoms with Gasteiger partial charge in [0, 0.05) is 0 Å². The minimum atomic E-state index is -2.38. The highest BCUT2D eigenvalue weighted by Crippen LogP contribution is 2.26. The third-order valence-corrected chi connectivity index (χ3v) is 3.73. The quantitative estimate of drug-likeness (QED) is 0.515. The molecule has 2 aromatic rings. The Morgan fingerprint density at radius 2 is 1.44 bits per heavy atom. The lowest BCUT2D eigenvalue weighted by molar-refractivity contribution is -0.163. The average Bonchev–Trinajstić information content (AvgIpc) is 2.58. The Kier molecular flexibility index (Phi) is 5.38. The number of carboxylic acid groups (broad SMARTS) is 2. The van der Waals surface area contributed by atoms with Gasteiger partial charge in [-0.1, -0.05) is 42.5 Å². The normalized spacial score (nSPS) is 10.9. The van der Waals surface area contributed by atoms with Crippen molar-refractivity contribution in [2.75, 3.05) is 6.61 Å². The molecule has 0 aromatic heterocycles. The SMILES string of the molecule is O=C(Cc1ccc(O)cc1)OCC(C(=O)O)(C(=O)O)c1ccccc1. The molecule has 0 amide bonds. The molecule has 7 nitrogen and oxygen atoms in total. The van der Waals surface area contributed by atoms with Gasteiger partial charge in [-0.15, -0.1) is 0 Å². The third-order valence-electron chi connectivity index (χ3n) is 3.73. The van der Waals surface area contributed by atoms with Gasteiger partial charge in [-0.25, -0.2) is 0 Å². The molecule has 0 aliphatic carbocycles. The van der Waals surface area contributed by atoms with Gasteiger partial charge in [0.2, 0.25) is 5.41 Å². The number of aliphatic carboxylic acids is 2. The summed E-state index contributed by atoms with van der Waals surface area (Å²) in [4.78, 5) is 35.3. The van der Waals surface area contributed by atoms with Gasteiger partial charge in [0.05, 0.1) is 6.42 Å². The first-order chi connectivity index (χ1) is 11.9. The molecule has 0 bridgehead atoms. The van der Waals surface area contributed by atoms with Crippen molar-refractivity contribution in [1.82, 2.24) is 0 Å². The number of hydrogen-bond acceptors (Lipinski definition) is 5. The number of hydrogen-bond donors (Lipinski definition) is 3. The topological polar surface area (TPSA) is 121 Å². The van der Waals surface area contributed by atoms with Crippen LogP contribution in [-0.2, 0) is 31.0 Å². The molecular formula is C18H16O7. The zero-order valence-corrected chi connectivity index (χ0v) is 13.1. The summed E-state index contributed by atoms with van der Waals surface area (Å²) in [5, 5.41) is 28.2. The van der Waals surface area contributed by atoms with E-state index in [0.717, 1.165) is 0 Å². The summed E-state index contributed by atoms with van der Waals surface area (Å²) in [6.07, 6.45) is -0.176. The maximum atomic E-state index is 11.9. The molecule has 0 radical (unpaired) electrons. The molecule has 3 N–H and O–H groups in total. The van der Waals surface area contributed by atoms with Crippen LogP contribution < -0.4 is 0 Å². The number of carbonyl (C=O) groups is 3. The zero-order chi connectivity index (χ0) is 18.4. The van der Waals surface area contributed by atoms with Crippen LogP contribution in [0.1, 0.15) is 11.1 Å². The molecule has 0 saturated carbocycles. The van der Waals surface area contributed by atoms with Crippen LogP contribution in [0, 0.1) is 0 Å². The van der Waals surface area contributed by atoms with E-state index in [1.807, 2.05) is 0 Å². The van der Waals surface area contributed by atoms with Crippen molar-refractivity contribution in [3.05, 3.63) is 65.7 Å². The van der Waals surface area contributed by atoms with Crippen molar-refractivity contribution < 1.29 is 34.4 Å². The van der Waals surface area contributed by atoms with Gasteiger partial charge in [0.15, 0.2) is 0 Å². The molecule has 0 aliphatic heterocycles. The molecule has 0 spiro atoms. The third kappa shape index (κ3) is 3.95. The number of carboxylic acids is 2. The van der Waals surface area contributed by atoms with E-state index >= 15 is 0 Å². The number of phenols is 1. The Bertz CT molecular complexity index is 752. The van der Waals surface area contributed by atoms with Crippen LogP contribution in [0.2, 0.25) is 0 Å². The molecule has 2 aromatic carbocycles. The Morgan fingerprint density at radius 3 is 1.96 bits per heavy atom. The van der Waals surface area contributed by atoms with Crippen molar-refractivity contribution >= 4 is 17.9 Å². The number of ether oxygens (including phenoxy) is 1. The Hall–Kier alpha value is -3.35. The smallest absolute Gasteiger partial charge is 0.329 e. The summed E-state index contributed by atoms with van der Waals surface area (Å²) in [5.41, 5.74) is -1.84. The molecule has 7 heteroatoms. The number of carbonyl (C=O) groups excluding carboxylic acids is 1. The highest BCUT2D eigenvalue weighted by atomic mass is 16.5. The summed E-state index contributed by atoms with van der Waals surface area (Å²) in [6, 6.07) is 13.2. The molecule has 130 valence electrons. The van der Waals surface area contributed by atoms with Crippen molar-refractivity contribution in [2.45, 2.75) is 11.8 Å². The van der Waals surface area contributed by atoms with Gasteiger partial charge in [0.1, 0.15) is 12.4 Å². The van der Waals surface area contributed by atoms with Crippen molar-refractivity contribution in [2.24, 2.45) is 0 Å². The van der Waals surface area contributed by atoms with Gasteiger partial charge in [0.25, 0.3) is 0 Å². The van der Waals surface area contributed by atoms with E-state index < -0.39 is 29.9 Å². The molecule has 0 unspecified atom stereocenters. The van der Waals surface area contributed by atoms with Gasteiger partial charge in [-0.3, -0.25) is 14.4 Å². The molecule has 2 rings (SSSR count). The second-order valence-electron chi connectivity index (χ2n) is 5.39. The van der Waals surface area contributed by atoms with E-state index in [2.05, 4.69) is 0 Å². The van der Waals surface area contributed by atoms with Gasteiger partial charge in [-0.05, 0) is 23.3 Å². The number of phenolic OH excluding ortho intramolecular Hbond substituents is 1. The summed E-state index contributed by atoms with van der Waals surface area (Å²) in [6.45, 7) is -0.835. The van der Waals surface area contributed by atoms with Crippen molar-refractivity contribution in [1.29, 1.82) is 0 Å². The first kappa shape index (κ1) is 18.0. The molecule has 25 heavy (non-hydrogen) atoms. The second kappa shape index (κ2) is 7.48. The van der Waals surface area contributed by atoms with E-state index in [1.54, 1.807) is 6.07 Å². The van der Waals surface area contributed by atoms with Crippen LogP contribution in [0.3, 0.4) is 0 Å². The fourth-order valence-electron chi connectivity index (χ4n) is 2.29. The van der Waals surface area contributed by atoms with Gasteiger partial charge >= 0.3 is 17.9 Å². The molecule has 0 atom stereocenters. The predicted octanol–water partition coefficient (Wildman–Crippen LogP) is 1.59. The lowest BCUT2D eigenvalue weighted by atomic mass is 9.81. The molecule has 0 saturated heterocycles. The van der Waals surface area contributed by atoms with Crippen molar-refractivity contribution in [3.63, 3.8) is 0 Å². The zero-order valence-electron chi connectivity index (χ0n) is 13.1. The standard InChI is InChI=1S/C18H16O7/c19-14-8-6-12(7-9-14)10-15(20)25-11-18(16(21)22,17(23)24)13-4-2-1-3-5-13/h1-9,19H,10-11H2,(H,21,22)(H,23,24). The second-order valence-corrected chi connectivity index (χ2v) is 5.39. The van der Waals surface area contributed by atoms with Crippen LogP contribution >= 0.6 is 0 Å². The highest BCUT2D eigenvalue weighted by molar-refractivity contribution is 6.05. The number of benzene rings is 2. The minimum Gasteiger partial charge on any atom is -0.508 e. The van der Waals surface area contributed by atoms with E-state index in [1.165, 1.54) is 48.5 Å². The summed E-state index contributed by atoms with van der Waals surface area (Å²) in [5.74, 6) is -3.97. The fraction of sp³-hybridized carbons (Fsp3) is 0.167. The largest absolute Gasteiger partial charge is 0.508 e. The van der Waals surface area contributed by atoms with E-state index in [-0.39, 0.29) is 17.7 Å². The monoisotopic (exact) mass is 344 g/mol. The van der Waals surface area contributed by atoms with Crippen LogP contribution in [-0.4, -0.2) is 39.8 Å². The van der Waals surface area contributed by atoms with Crippen molar-refractivity contribution in [3.8, 4) is 5.75 Å². The first-order valence-electron chi connectivity index (χ1n) is 7.32. The number of esters is 1. The molecule has 0 fully saturated rings. The van der Waals surface area contributed by atoms with E-state index in [9.17, 15) is 29.7 Å². The maximum Gasteiger partial charge on any atom is 0.329 e. The summed E-state index contributed by atoms with van der Waals surface area (Å²) >= 11 is 0. The van der Waals surface area contributed by atoms with Crippen LogP contribution in [0.25, 0.3) is 0 Å². The molecular weight excluding hydrogens is 328 g/mol. The summed E-state index contributed by atoms with van der Waals surface area (Å²) < 4.78 is 4.96. The molecule has 0 heterocycles. The first-order valence-corrected chi connectivity index (χ1v) is 7.32. The van der Waals surface area contributed by atoms with Gasteiger partial charge in [-0.2, -0.15) is 0 Å². The van der Waals surface area contributed by atoms with Gasteiger partial charge < -0.3 is 20.1 Å². The Balaban J connectivity index is 2.17. The lowest BCUT2D eigenvalue weighted by Gasteiger charge is -2.24. The predicted molar refractivity (Wildman–Crippen MR) is 86.2 cm³/mol. The van der Waals surface area contributed by atoms with E-state index in [4.69, 9.17) is 4.74 Å². The minimum absolute atomic E-state index is 0.00688. The van der Waals surface area contributed by atoms with Crippen LogP contribution in [0.4, 0.5) is 0 Å². The average molecular weight is 344 g/mol. The lowest BCUT2D eigenvalue weighted by Crippen LogP contribution is -2.48. The maximum absolute atomic E-state index is 11.9. The Labute approximate surface area is 143 Å². The number of rotatable bonds is 7. The Morgan fingerprint density at radius 1 is 0.880 bits per heavy atom. The van der Waals surface area contributed by atoms with Crippen LogP contribution in [0.15, 0.2) is 54.6 Å². The highest BCUT2D eigenvalue weighted by Gasteiger charge is 2.49. The summed E-state index contributed by atoms with van der Waals surface area (Å²) in [7, 11) is 0. The van der Waals surface area contributed by atoms with Crippen LogP contribution in [0.5, 0.6) is 5.75 Å². The van der Waals surface area contributed by atoms with E-state index in [0.29, 0.717) is 5.56 Å². The molecule has 0 aliphatic rings. The fourth-order valence-corrected chi connectivity index (χ4v) is 2.29. The number of aromatic hydroxyl groups is 1.